The fourth-order valence-electron chi connectivity index (χ4n) is 1.56. The molecule has 3 nitrogen and oxygen atoms in total. The zero-order valence-electron chi connectivity index (χ0n) is 8.56. The molecule has 0 N–H and O–H groups in total. The second-order valence-electron chi connectivity index (χ2n) is 3.21. The highest BCUT2D eigenvalue weighted by molar-refractivity contribution is 6.44. The van der Waals surface area contributed by atoms with Crippen molar-refractivity contribution in [3.05, 3.63) is 24.3 Å². The molecule has 0 spiro atoms. The van der Waals surface area contributed by atoms with Crippen LogP contribution in [0.25, 0.3) is 0 Å². The lowest BCUT2D eigenvalue weighted by Crippen LogP contribution is -2.46. The number of hydrogen-bond donors (Lipinski definition) is 0. The van der Waals surface area contributed by atoms with Gasteiger partial charge >= 0.3 is 7.25 Å². The molecule has 0 bridgehead atoms. The fraction of sp³-hybridized carbons (Fsp3) is 0.400. The number of hydrogen-bond acceptors (Lipinski definition) is 3. The van der Waals surface area contributed by atoms with Gasteiger partial charge in [-0.05, 0) is 25.2 Å². The van der Waals surface area contributed by atoms with Crippen LogP contribution in [-0.4, -0.2) is 25.2 Å². The molecule has 0 saturated heterocycles. The van der Waals surface area contributed by atoms with E-state index in [0.717, 1.165) is 24.6 Å². The largest absolute Gasteiger partial charge is 0.701 e. The molecule has 0 amide bonds. The lowest BCUT2D eigenvalue weighted by atomic mass is 10.1. The zero-order chi connectivity index (χ0) is 9.97. The molecule has 74 valence electrons. The fourth-order valence-corrected chi connectivity index (χ4v) is 1.56. The quantitative estimate of drug-likeness (QED) is 0.679. The molecule has 1 aromatic carbocycles. The van der Waals surface area contributed by atoms with Crippen LogP contribution in [0.3, 0.4) is 0 Å². The highest BCUT2D eigenvalue weighted by Crippen LogP contribution is 2.33. The van der Waals surface area contributed by atoms with Gasteiger partial charge in [0.1, 0.15) is 11.5 Å². The van der Waals surface area contributed by atoms with Crippen molar-refractivity contribution in [3.8, 4) is 11.5 Å². The van der Waals surface area contributed by atoms with E-state index in [1.165, 1.54) is 0 Å². The van der Waals surface area contributed by atoms with Crippen molar-refractivity contribution >= 4 is 7.25 Å². The normalized spacial score (nSPS) is 13.8. The van der Waals surface area contributed by atoms with Crippen LogP contribution >= 0.6 is 0 Å². The molecule has 0 aromatic heterocycles. The molecule has 4 heteroatoms. The summed E-state index contributed by atoms with van der Waals surface area (Å²) >= 11 is 0. The SMILES string of the molecule is CCN(CC)B1Oc2ccccc2O1. The summed E-state index contributed by atoms with van der Waals surface area (Å²) in [6.45, 7) is 6.04. The Labute approximate surface area is 84.8 Å². The van der Waals surface area contributed by atoms with E-state index in [4.69, 9.17) is 9.31 Å². The van der Waals surface area contributed by atoms with Crippen molar-refractivity contribution in [2.24, 2.45) is 0 Å². The van der Waals surface area contributed by atoms with Gasteiger partial charge in [-0.1, -0.05) is 26.0 Å². The van der Waals surface area contributed by atoms with Crippen molar-refractivity contribution in [1.29, 1.82) is 0 Å². The van der Waals surface area contributed by atoms with Gasteiger partial charge in [-0.2, -0.15) is 0 Å². The van der Waals surface area contributed by atoms with E-state index in [0.29, 0.717) is 0 Å². The Bertz CT molecular complexity index is 290. The van der Waals surface area contributed by atoms with Crippen molar-refractivity contribution in [3.63, 3.8) is 0 Å². The van der Waals surface area contributed by atoms with Crippen molar-refractivity contribution in [2.45, 2.75) is 13.8 Å². The highest BCUT2D eigenvalue weighted by Gasteiger charge is 2.37. The maximum atomic E-state index is 5.65. The topological polar surface area (TPSA) is 21.7 Å². The lowest BCUT2D eigenvalue weighted by Gasteiger charge is -2.18. The Morgan fingerprint density at radius 3 is 2.00 bits per heavy atom. The standard InChI is InChI=1S/C10H14BNO2/c1-3-12(4-2)11-13-9-7-5-6-8-10(9)14-11/h5-8H,3-4H2,1-2H3. The molecule has 0 fully saturated rings. The minimum Gasteiger partial charge on any atom is -0.509 e. The van der Waals surface area contributed by atoms with Crippen LogP contribution in [0.1, 0.15) is 13.8 Å². The van der Waals surface area contributed by atoms with Gasteiger partial charge in [0.25, 0.3) is 0 Å². The predicted octanol–water partition coefficient (Wildman–Crippen LogP) is 1.78. The van der Waals surface area contributed by atoms with Crippen LogP contribution in [0.2, 0.25) is 0 Å². The summed E-state index contributed by atoms with van der Waals surface area (Å²) in [5.41, 5.74) is 0. The first-order valence-corrected chi connectivity index (χ1v) is 5.01. The molecular weight excluding hydrogens is 177 g/mol. The first-order chi connectivity index (χ1) is 6.85. The van der Waals surface area contributed by atoms with Gasteiger partial charge in [0.15, 0.2) is 0 Å². The van der Waals surface area contributed by atoms with Crippen molar-refractivity contribution in [2.75, 3.05) is 13.1 Å². The second kappa shape index (κ2) is 3.92. The molecule has 1 heterocycles. The maximum absolute atomic E-state index is 5.65. The molecule has 0 saturated carbocycles. The third kappa shape index (κ3) is 1.57. The molecule has 14 heavy (non-hydrogen) atoms. The molecular formula is C10H14BNO2. The molecule has 0 aliphatic carbocycles. The van der Waals surface area contributed by atoms with Crippen LogP contribution < -0.4 is 9.31 Å². The van der Waals surface area contributed by atoms with E-state index in [1.54, 1.807) is 0 Å². The average Bonchev–Trinajstić information content (AvgIpc) is 2.63. The van der Waals surface area contributed by atoms with Crippen LogP contribution in [0.5, 0.6) is 11.5 Å². The first kappa shape index (κ1) is 9.40. The summed E-state index contributed by atoms with van der Waals surface area (Å²) in [5, 5.41) is 0. The first-order valence-electron chi connectivity index (χ1n) is 5.01. The summed E-state index contributed by atoms with van der Waals surface area (Å²) in [5.74, 6) is 1.67. The van der Waals surface area contributed by atoms with E-state index in [1.807, 2.05) is 24.3 Å². The Hall–Kier alpha value is -1.16. The van der Waals surface area contributed by atoms with E-state index in [9.17, 15) is 0 Å². The van der Waals surface area contributed by atoms with Crippen LogP contribution in [0, 0.1) is 0 Å². The van der Waals surface area contributed by atoms with Gasteiger partial charge in [-0.3, -0.25) is 4.81 Å². The smallest absolute Gasteiger partial charge is 0.509 e. The number of para-hydroxylation sites is 2. The van der Waals surface area contributed by atoms with Crippen molar-refractivity contribution in [1.82, 2.24) is 4.81 Å². The minimum atomic E-state index is -0.248. The average molecular weight is 191 g/mol. The maximum Gasteiger partial charge on any atom is 0.701 e. The molecule has 1 aliphatic rings. The van der Waals surface area contributed by atoms with E-state index >= 15 is 0 Å². The predicted molar refractivity (Wildman–Crippen MR) is 56.4 cm³/mol. The molecule has 0 unspecified atom stereocenters. The van der Waals surface area contributed by atoms with Gasteiger partial charge < -0.3 is 9.31 Å². The third-order valence-corrected chi connectivity index (χ3v) is 2.42. The lowest BCUT2D eigenvalue weighted by molar-refractivity contribution is 0.338. The Balaban J connectivity index is 2.11. The highest BCUT2D eigenvalue weighted by atomic mass is 16.6. The van der Waals surface area contributed by atoms with E-state index < -0.39 is 0 Å². The molecule has 1 aliphatic heterocycles. The Kier molecular flexibility index (Phi) is 2.63. The zero-order valence-corrected chi connectivity index (χ0v) is 8.56. The second-order valence-corrected chi connectivity index (χ2v) is 3.21. The number of benzene rings is 1. The number of rotatable bonds is 3. The van der Waals surface area contributed by atoms with Gasteiger partial charge in [-0.15, -0.1) is 0 Å². The summed E-state index contributed by atoms with van der Waals surface area (Å²) in [6, 6.07) is 7.76. The van der Waals surface area contributed by atoms with Gasteiger partial charge in [-0.25, -0.2) is 0 Å². The summed E-state index contributed by atoms with van der Waals surface area (Å²) in [4.78, 5) is 2.12. The van der Waals surface area contributed by atoms with E-state index in [2.05, 4.69) is 18.7 Å². The van der Waals surface area contributed by atoms with Crippen molar-refractivity contribution < 1.29 is 9.31 Å². The number of nitrogens with zero attached hydrogens (tertiary/aromatic N) is 1. The summed E-state index contributed by atoms with van der Waals surface area (Å²) in [7, 11) is -0.248. The summed E-state index contributed by atoms with van der Waals surface area (Å²) in [6.07, 6.45) is 0. The minimum absolute atomic E-state index is 0.248. The van der Waals surface area contributed by atoms with Gasteiger partial charge in [0.2, 0.25) is 0 Å². The van der Waals surface area contributed by atoms with Crippen LogP contribution in [0.4, 0.5) is 0 Å². The molecule has 1 aromatic rings. The third-order valence-electron chi connectivity index (χ3n) is 2.42. The van der Waals surface area contributed by atoms with Crippen LogP contribution in [0.15, 0.2) is 24.3 Å². The molecule has 0 atom stereocenters. The van der Waals surface area contributed by atoms with Gasteiger partial charge in [0.05, 0.1) is 0 Å². The number of fused-ring (bicyclic) bond motifs is 1. The monoisotopic (exact) mass is 191 g/mol. The van der Waals surface area contributed by atoms with E-state index in [-0.39, 0.29) is 7.25 Å². The van der Waals surface area contributed by atoms with Gasteiger partial charge in [0, 0.05) is 0 Å². The summed E-state index contributed by atoms with van der Waals surface area (Å²) < 4.78 is 11.3. The Morgan fingerprint density at radius 1 is 1.07 bits per heavy atom. The van der Waals surface area contributed by atoms with Crippen LogP contribution in [-0.2, 0) is 0 Å². The Morgan fingerprint density at radius 2 is 1.57 bits per heavy atom. The molecule has 2 rings (SSSR count). The molecule has 0 radical (unpaired) electrons.